The second kappa shape index (κ2) is 8.67. The zero-order valence-corrected chi connectivity index (χ0v) is 19.8. The van der Waals surface area contributed by atoms with E-state index in [-0.39, 0.29) is 18.6 Å². The summed E-state index contributed by atoms with van der Waals surface area (Å²) in [5, 5.41) is 10.1. The van der Waals surface area contributed by atoms with Crippen LogP contribution in [-0.2, 0) is 9.53 Å². The highest BCUT2D eigenvalue weighted by Crippen LogP contribution is 2.45. The number of aryl methyl sites for hydroxylation is 1. The maximum absolute atomic E-state index is 13.3. The first-order valence-electron chi connectivity index (χ1n) is 11.1. The fourth-order valence-electron chi connectivity index (χ4n) is 4.69. The molecule has 33 heavy (non-hydrogen) atoms. The lowest BCUT2D eigenvalue weighted by Gasteiger charge is -2.29. The zero-order valence-electron chi connectivity index (χ0n) is 18.2. The molecule has 1 saturated carbocycles. The second-order valence-electron chi connectivity index (χ2n) is 8.69. The normalized spacial score (nSPS) is 15.5. The van der Waals surface area contributed by atoms with Gasteiger partial charge in [0, 0.05) is 16.4 Å². The van der Waals surface area contributed by atoms with Crippen LogP contribution in [0.1, 0.15) is 47.1 Å². The molecule has 5 nitrogen and oxygen atoms in total. The molecule has 0 spiro atoms. The molecule has 0 radical (unpaired) electrons. The summed E-state index contributed by atoms with van der Waals surface area (Å²) in [5.41, 5.74) is 6.12. The van der Waals surface area contributed by atoms with Crippen molar-refractivity contribution in [2.75, 3.05) is 6.61 Å². The summed E-state index contributed by atoms with van der Waals surface area (Å²) in [6.45, 7) is 2.11. The number of ether oxygens (including phenoxy) is 1. The van der Waals surface area contributed by atoms with Gasteiger partial charge in [-0.05, 0) is 59.2 Å². The number of carboxylic acid groups (broad SMARTS) is 1. The van der Waals surface area contributed by atoms with Gasteiger partial charge in [-0.3, -0.25) is 4.90 Å². The third-order valence-electron chi connectivity index (χ3n) is 6.51. The summed E-state index contributed by atoms with van der Waals surface area (Å²) in [6.07, 6.45) is 0.977. The monoisotopic (exact) mass is 505 g/mol. The summed E-state index contributed by atoms with van der Waals surface area (Å²) in [4.78, 5) is 27.0. The molecule has 1 atom stereocenters. The molecule has 0 bridgehead atoms. The number of fused-ring (bicyclic) bond motifs is 3. The van der Waals surface area contributed by atoms with Crippen molar-refractivity contribution in [3.8, 4) is 11.1 Å². The average molecular weight is 506 g/mol. The Balaban J connectivity index is 1.41. The van der Waals surface area contributed by atoms with Crippen molar-refractivity contribution in [1.82, 2.24) is 4.90 Å². The number of hydrogen-bond acceptors (Lipinski definition) is 3. The van der Waals surface area contributed by atoms with Crippen molar-refractivity contribution in [2.45, 2.75) is 37.8 Å². The van der Waals surface area contributed by atoms with Crippen molar-refractivity contribution in [2.24, 2.45) is 0 Å². The van der Waals surface area contributed by atoms with Gasteiger partial charge in [0.25, 0.3) is 0 Å². The van der Waals surface area contributed by atoms with Gasteiger partial charge in [-0.2, -0.15) is 0 Å². The van der Waals surface area contributed by atoms with Crippen LogP contribution >= 0.6 is 15.9 Å². The molecule has 168 valence electrons. The summed E-state index contributed by atoms with van der Waals surface area (Å²) in [7, 11) is 0. The van der Waals surface area contributed by atoms with Gasteiger partial charge in [-0.1, -0.05) is 76.6 Å². The molecule has 3 aromatic rings. The molecule has 2 aliphatic rings. The molecule has 0 aromatic heterocycles. The Morgan fingerprint density at radius 3 is 2.18 bits per heavy atom. The van der Waals surface area contributed by atoms with Crippen LogP contribution < -0.4 is 0 Å². The number of carbonyl (C=O) groups excluding carboxylic acids is 1. The SMILES string of the molecule is Cc1ccc(C(C(=O)O)N(C(=O)OCC2c3ccccc3-c3ccccc32)C2CC2)cc1Br. The van der Waals surface area contributed by atoms with Gasteiger partial charge in [-0.25, -0.2) is 9.59 Å². The van der Waals surface area contributed by atoms with E-state index in [2.05, 4.69) is 40.2 Å². The van der Waals surface area contributed by atoms with E-state index in [1.165, 1.54) is 4.90 Å². The Labute approximate surface area is 201 Å². The highest BCUT2D eigenvalue weighted by atomic mass is 79.9. The number of hydrogen-bond donors (Lipinski definition) is 1. The van der Waals surface area contributed by atoms with Gasteiger partial charge >= 0.3 is 12.1 Å². The van der Waals surface area contributed by atoms with Crippen LogP contribution in [0.25, 0.3) is 11.1 Å². The molecule has 1 unspecified atom stereocenters. The number of amides is 1. The fourth-order valence-corrected chi connectivity index (χ4v) is 5.08. The van der Waals surface area contributed by atoms with Gasteiger partial charge in [0.05, 0.1) is 0 Å². The molecular weight excluding hydrogens is 482 g/mol. The van der Waals surface area contributed by atoms with E-state index >= 15 is 0 Å². The number of carboxylic acids is 1. The summed E-state index contributed by atoms with van der Waals surface area (Å²) in [5.74, 6) is -1.13. The van der Waals surface area contributed by atoms with Crippen LogP contribution in [0.3, 0.4) is 0 Å². The maximum atomic E-state index is 13.3. The molecule has 5 rings (SSSR count). The minimum absolute atomic E-state index is 0.0702. The van der Waals surface area contributed by atoms with Crippen molar-refractivity contribution in [3.63, 3.8) is 0 Å². The molecule has 1 fully saturated rings. The zero-order chi connectivity index (χ0) is 23.1. The van der Waals surface area contributed by atoms with E-state index in [0.29, 0.717) is 5.56 Å². The largest absolute Gasteiger partial charge is 0.479 e. The van der Waals surface area contributed by atoms with E-state index in [0.717, 1.165) is 45.1 Å². The Hall–Kier alpha value is -3.12. The Morgan fingerprint density at radius 2 is 1.64 bits per heavy atom. The van der Waals surface area contributed by atoms with Crippen molar-refractivity contribution < 1.29 is 19.4 Å². The Bertz CT molecular complexity index is 1190. The minimum Gasteiger partial charge on any atom is -0.479 e. The lowest BCUT2D eigenvalue weighted by molar-refractivity contribution is -0.143. The lowest BCUT2D eigenvalue weighted by Crippen LogP contribution is -2.41. The van der Waals surface area contributed by atoms with Crippen molar-refractivity contribution >= 4 is 28.0 Å². The molecular formula is C27H24BrNO4. The molecule has 2 aliphatic carbocycles. The van der Waals surface area contributed by atoms with Crippen LogP contribution in [0.2, 0.25) is 0 Å². The standard InChI is InChI=1S/C27H24BrNO4/c1-16-10-11-17(14-24(16)28)25(26(30)31)29(18-12-13-18)27(32)33-15-23-21-8-4-2-6-19(21)20-7-3-5-9-22(20)23/h2-11,14,18,23,25H,12-13,15H2,1H3,(H,30,31). The van der Waals surface area contributed by atoms with Gasteiger partial charge < -0.3 is 9.84 Å². The predicted molar refractivity (Wildman–Crippen MR) is 129 cm³/mol. The van der Waals surface area contributed by atoms with E-state index in [1.807, 2.05) is 37.3 Å². The topological polar surface area (TPSA) is 66.8 Å². The van der Waals surface area contributed by atoms with Crippen LogP contribution in [0.15, 0.2) is 71.2 Å². The molecule has 6 heteroatoms. The highest BCUT2D eigenvalue weighted by molar-refractivity contribution is 9.10. The van der Waals surface area contributed by atoms with E-state index < -0.39 is 18.1 Å². The van der Waals surface area contributed by atoms with Gasteiger partial charge in [-0.15, -0.1) is 0 Å². The number of benzene rings is 3. The van der Waals surface area contributed by atoms with Gasteiger partial charge in [0.2, 0.25) is 0 Å². The first kappa shape index (κ1) is 21.7. The number of aliphatic carboxylic acids is 1. The van der Waals surface area contributed by atoms with Crippen molar-refractivity contribution in [3.05, 3.63) is 93.5 Å². The second-order valence-corrected chi connectivity index (χ2v) is 9.55. The van der Waals surface area contributed by atoms with E-state index in [9.17, 15) is 14.7 Å². The molecule has 1 N–H and O–H groups in total. The van der Waals surface area contributed by atoms with Crippen LogP contribution in [0.5, 0.6) is 0 Å². The lowest BCUT2D eigenvalue weighted by atomic mass is 9.98. The number of carbonyl (C=O) groups is 2. The maximum Gasteiger partial charge on any atom is 0.411 e. The summed E-state index contributed by atoms with van der Waals surface area (Å²) >= 11 is 3.48. The third kappa shape index (κ3) is 4.04. The first-order chi connectivity index (χ1) is 16.0. The Morgan fingerprint density at radius 1 is 1.03 bits per heavy atom. The summed E-state index contributed by atoms with van der Waals surface area (Å²) < 4.78 is 6.64. The minimum atomic E-state index is -1.09. The number of rotatable bonds is 6. The number of nitrogens with zero attached hydrogens (tertiary/aromatic N) is 1. The molecule has 0 saturated heterocycles. The average Bonchev–Trinajstić information content (AvgIpc) is 3.60. The molecule has 3 aromatic carbocycles. The molecule has 1 amide bonds. The smallest absolute Gasteiger partial charge is 0.411 e. The summed E-state index contributed by atoms with van der Waals surface area (Å²) in [6, 6.07) is 20.5. The van der Waals surface area contributed by atoms with Crippen LogP contribution in [-0.4, -0.2) is 34.7 Å². The highest BCUT2D eigenvalue weighted by Gasteiger charge is 2.43. The quantitative estimate of drug-likeness (QED) is 0.426. The van der Waals surface area contributed by atoms with E-state index in [1.54, 1.807) is 12.1 Å². The molecule has 0 heterocycles. The molecule has 0 aliphatic heterocycles. The van der Waals surface area contributed by atoms with Crippen molar-refractivity contribution in [1.29, 1.82) is 0 Å². The van der Waals surface area contributed by atoms with E-state index in [4.69, 9.17) is 4.74 Å². The third-order valence-corrected chi connectivity index (χ3v) is 7.37. The number of halogens is 1. The predicted octanol–water partition coefficient (Wildman–Crippen LogP) is 6.30. The first-order valence-corrected chi connectivity index (χ1v) is 11.9. The fraction of sp³-hybridized carbons (Fsp3) is 0.259. The van der Waals surface area contributed by atoms with Crippen LogP contribution in [0.4, 0.5) is 4.79 Å². The Kier molecular flexibility index (Phi) is 5.71. The van der Waals surface area contributed by atoms with Crippen LogP contribution in [0, 0.1) is 6.92 Å². The van der Waals surface area contributed by atoms with Gasteiger partial charge in [0.1, 0.15) is 6.61 Å². The van der Waals surface area contributed by atoms with Gasteiger partial charge in [0.15, 0.2) is 6.04 Å².